The van der Waals surface area contributed by atoms with Crippen LogP contribution in [0.15, 0.2) is 18.2 Å². The highest BCUT2D eigenvalue weighted by Gasteiger charge is 2.33. The van der Waals surface area contributed by atoms with E-state index in [4.69, 9.17) is 4.74 Å². The summed E-state index contributed by atoms with van der Waals surface area (Å²) in [4.78, 5) is 39.1. The summed E-state index contributed by atoms with van der Waals surface area (Å²) < 4.78 is 5.14. The van der Waals surface area contributed by atoms with Crippen molar-refractivity contribution in [1.82, 2.24) is 15.5 Å². The van der Waals surface area contributed by atoms with Crippen LogP contribution in [0.1, 0.15) is 57.4 Å². The van der Waals surface area contributed by atoms with Crippen LogP contribution >= 0.6 is 0 Å². The largest absolute Gasteiger partial charge is 0.444 e. The molecular formula is C22H32N4O4. The third kappa shape index (κ3) is 7.39. The highest BCUT2D eigenvalue weighted by Crippen LogP contribution is 2.26. The minimum Gasteiger partial charge on any atom is -0.444 e. The van der Waals surface area contributed by atoms with Crippen molar-refractivity contribution in [2.24, 2.45) is 0 Å². The quantitative estimate of drug-likeness (QED) is 0.664. The average molecular weight is 417 g/mol. The Kier molecular flexibility index (Phi) is 8.84. The summed E-state index contributed by atoms with van der Waals surface area (Å²) in [5.41, 5.74) is 1.75. The maximum absolute atomic E-state index is 13.0. The lowest BCUT2D eigenvalue weighted by atomic mass is 9.95. The number of nitriles is 1. The lowest BCUT2D eigenvalue weighted by molar-refractivity contribution is -0.139. The van der Waals surface area contributed by atoms with Gasteiger partial charge in [0, 0.05) is 6.04 Å². The highest BCUT2D eigenvalue weighted by atomic mass is 16.6. The molecule has 2 N–H and O–H groups in total. The zero-order chi connectivity index (χ0) is 23.1. The topological polar surface area (TPSA) is 112 Å². The number of alkyl carbamates (subject to hydrolysis) is 1. The van der Waals surface area contributed by atoms with E-state index in [1.807, 2.05) is 39.8 Å². The molecule has 0 saturated carbocycles. The minimum atomic E-state index is -1.00. The first kappa shape index (κ1) is 25.0. The number of carbonyl (C=O) groups excluding carboxylic acids is 3. The molecule has 0 heterocycles. The molecule has 8 heteroatoms. The van der Waals surface area contributed by atoms with Crippen molar-refractivity contribution in [3.63, 3.8) is 0 Å². The molecule has 1 unspecified atom stereocenters. The Hall–Kier alpha value is -3.08. The second kappa shape index (κ2) is 10.6. The lowest BCUT2D eigenvalue weighted by Gasteiger charge is -2.31. The van der Waals surface area contributed by atoms with Gasteiger partial charge in [0.05, 0.1) is 6.07 Å². The normalized spacial score (nSPS) is 12.0. The molecule has 0 fully saturated rings. The molecule has 0 aliphatic rings. The van der Waals surface area contributed by atoms with E-state index in [0.29, 0.717) is 5.56 Å². The van der Waals surface area contributed by atoms with Crippen LogP contribution in [-0.2, 0) is 14.3 Å². The summed E-state index contributed by atoms with van der Waals surface area (Å²) in [6.45, 7) is 11.9. The Labute approximate surface area is 178 Å². The standard InChI is InChI=1S/C22H32N4O4/c1-14(2)25-20(28)19(17-10-8-9-15(3)16(17)4)26(12-11-23)18(27)13-24-21(29)30-22(5,6)7/h8-10,14,19H,12-13H2,1-7H3,(H,24,29)(H,25,28). The van der Waals surface area contributed by atoms with Crippen LogP contribution in [-0.4, -0.2) is 47.5 Å². The van der Waals surface area contributed by atoms with Crippen molar-refractivity contribution in [3.8, 4) is 6.07 Å². The summed E-state index contributed by atoms with van der Waals surface area (Å²) >= 11 is 0. The molecule has 1 aromatic carbocycles. The first-order chi connectivity index (χ1) is 13.9. The third-order valence-corrected chi connectivity index (χ3v) is 4.28. The number of benzene rings is 1. The fourth-order valence-electron chi connectivity index (χ4n) is 2.85. The Morgan fingerprint density at radius 3 is 2.37 bits per heavy atom. The maximum atomic E-state index is 13.0. The summed E-state index contributed by atoms with van der Waals surface area (Å²) in [6.07, 6.45) is -0.748. The van der Waals surface area contributed by atoms with Crippen LogP contribution in [0, 0.1) is 25.2 Å². The molecule has 3 amide bonds. The summed E-state index contributed by atoms with van der Waals surface area (Å²) in [7, 11) is 0. The first-order valence-electron chi connectivity index (χ1n) is 9.87. The smallest absolute Gasteiger partial charge is 0.408 e. The van der Waals surface area contributed by atoms with E-state index in [2.05, 4.69) is 10.6 Å². The highest BCUT2D eigenvalue weighted by molar-refractivity contribution is 5.91. The van der Waals surface area contributed by atoms with Gasteiger partial charge in [0.2, 0.25) is 11.8 Å². The average Bonchev–Trinajstić information content (AvgIpc) is 2.60. The molecule has 30 heavy (non-hydrogen) atoms. The van der Waals surface area contributed by atoms with Crippen molar-refractivity contribution in [2.75, 3.05) is 13.1 Å². The SMILES string of the molecule is Cc1cccc(C(C(=O)NC(C)C)N(CC#N)C(=O)CNC(=O)OC(C)(C)C)c1C. The molecule has 0 aliphatic heterocycles. The van der Waals surface area contributed by atoms with Gasteiger partial charge in [-0.15, -0.1) is 0 Å². The van der Waals surface area contributed by atoms with Crippen molar-refractivity contribution in [2.45, 2.75) is 66.2 Å². The van der Waals surface area contributed by atoms with Crippen LogP contribution in [0.4, 0.5) is 4.79 Å². The summed E-state index contributed by atoms with van der Waals surface area (Å²) in [6, 6.07) is 6.29. The lowest BCUT2D eigenvalue weighted by Crippen LogP contribution is -2.49. The van der Waals surface area contributed by atoms with E-state index in [-0.39, 0.29) is 18.5 Å². The number of hydrogen-bond donors (Lipinski definition) is 2. The number of aryl methyl sites for hydroxylation is 1. The maximum Gasteiger partial charge on any atom is 0.408 e. The second-order valence-electron chi connectivity index (χ2n) is 8.39. The van der Waals surface area contributed by atoms with Crippen LogP contribution in [0.3, 0.4) is 0 Å². The molecule has 0 bridgehead atoms. The van der Waals surface area contributed by atoms with E-state index in [1.165, 1.54) is 4.90 Å². The van der Waals surface area contributed by atoms with E-state index in [1.54, 1.807) is 32.9 Å². The monoisotopic (exact) mass is 416 g/mol. The molecule has 0 aromatic heterocycles. The van der Waals surface area contributed by atoms with Gasteiger partial charge in [-0.1, -0.05) is 18.2 Å². The summed E-state index contributed by atoms with van der Waals surface area (Å²) in [5, 5.41) is 14.5. The van der Waals surface area contributed by atoms with Gasteiger partial charge in [0.25, 0.3) is 0 Å². The van der Waals surface area contributed by atoms with Crippen LogP contribution in [0.25, 0.3) is 0 Å². The van der Waals surface area contributed by atoms with Gasteiger partial charge < -0.3 is 20.3 Å². The Balaban J connectivity index is 3.22. The van der Waals surface area contributed by atoms with E-state index in [0.717, 1.165) is 11.1 Å². The number of carbonyl (C=O) groups is 3. The fourth-order valence-corrected chi connectivity index (χ4v) is 2.85. The van der Waals surface area contributed by atoms with E-state index >= 15 is 0 Å². The van der Waals surface area contributed by atoms with Gasteiger partial charge in [0.15, 0.2) is 0 Å². The molecule has 1 rings (SSSR count). The number of hydrogen-bond acceptors (Lipinski definition) is 5. The first-order valence-corrected chi connectivity index (χ1v) is 9.87. The molecule has 0 spiro atoms. The van der Waals surface area contributed by atoms with Crippen molar-refractivity contribution in [3.05, 3.63) is 34.9 Å². The van der Waals surface area contributed by atoms with Crippen molar-refractivity contribution in [1.29, 1.82) is 5.26 Å². The molecule has 1 atom stereocenters. The Morgan fingerprint density at radius 2 is 1.83 bits per heavy atom. The van der Waals surface area contributed by atoms with Crippen LogP contribution in [0.5, 0.6) is 0 Å². The zero-order valence-corrected chi connectivity index (χ0v) is 18.8. The number of amides is 3. The van der Waals surface area contributed by atoms with Crippen molar-refractivity contribution >= 4 is 17.9 Å². The molecule has 0 saturated heterocycles. The third-order valence-electron chi connectivity index (χ3n) is 4.28. The van der Waals surface area contributed by atoms with Crippen LogP contribution < -0.4 is 10.6 Å². The van der Waals surface area contributed by atoms with E-state index < -0.39 is 30.2 Å². The van der Waals surface area contributed by atoms with Gasteiger partial charge in [-0.05, 0) is 65.2 Å². The fraction of sp³-hybridized carbons (Fsp3) is 0.545. The van der Waals surface area contributed by atoms with Crippen LogP contribution in [0.2, 0.25) is 0 Å². The number of rotatable bonds is 7. The molecule has 164 valence electrons. The van der Waals surface area contributed by atoms with Gasteiger partial charge in [-0.2, -0.15) is 5.26 Å². The molecule has 0 radical (unpaired) electrons. The van der Waals surface area contributed by atoms with Gasteiger partial charge in [-0.25, -0.2) is 4.79 Å². The molecule has 1 aromatic rings. The van der Waals surface area contributed by atoms with Gasteiger partial charge in [-0.3, -0.25) is 9.59 Å². The number of ether oxygens (including phenoxy) is 1. The second-order valence-corrected chi connectivity index (χ2v) is 8.39. The Bertz CT molecular complexity index is 821. The van der Waals surface area contributed by atoms with Crippen molar-refractivity contribution < 1.29 is 19.1 Å². The minimum absolute atomic E-state index is 0.149. The van der Waals surface area contributed by atoms with Gasteiger partial charge in [0.1, 0.15) is 24.7 Å². The predicted octanol–water partition coefficient (Wildman–Crippen LogP) is 2.75. The Morgan fingerprint density at radius 1 is 1.20 bits per heavy atom. The predicted molar refractivity (Wildman–Crippen MR) is 113 cm³/mol. The summed E-state index contributed by atoms with van der Waals surface area (Å²) in [5.74, 6) is -0.952. The number of nitrogens with one attached hydrogen (secondary N) is 2. The number of nitrogens with zero attached hydrogens (tertiary/aromatic N) is 2. The van der Waals surface area contributed by atoms with Gasteiger partial charge >= 0.3 is 6.09 Å². The van der Waals surface area contributed by atoms with E-state index in [9.17, 15) is 19.6 Å². The molecule has 8 nitrogen and oxygen atoms in total. The molecule has 0 aliphatic carbocycles. The molecular weight excluding hydrogens is 384 g/mol. The zero-order valence-electron chi connectivity index (χ0n) is 18.8.